The molecule has 4 atom stereocenters. The Morgan fingerprint density at radius 3 is 0.826 bits per heavy atom. The standard InChI is InChI=1S/2C8H16.C7H14/c2*1-7-4-3-5-8(2)6-7;1-7-5-3-2-4-6-7/h2*7-8H,3-6H2,1-2H3;7H,2-6H2,1H3. The minimum Gasteiger partial charge on any atom is -0.0625 e. The molecule has 0 radical (unpaired) electrons. The summed E-state index contributed by atoms with van der Waals surface area (Å²) >= 11 is 0. The fraction of sp³-hybridized carbons (Fsp3) is 1.00. The van der Waals surface area contributed by atoms with Gasteiger partial charge in [-0.3, -0.25) is 0 Å². The molecule has 0 saturated heterocycles. The van der Waals surface area contributed by atoms with Crippen molar-refractivity contribution in [3.05, 3.63) is 0 Å². The third kappa shape index (κ3) is 11.2. The van der Waals surface area contributed by atoms with Gasteiger partial charge in [0.15, 0.2) is 0 Å². The van der Waals surface area contributed by atoms with Gasteiger partial charge in [0.05, 0.1) is 0 Å². The first-order chi connectivity index (χ1) is 11.0. The molecule has 0 amide bonds. The van der Waals surface area contributed by atoms with Gasteiger partial charge < -0.3 is 0 Å². The highest BCUT2D eigenvalue weighted by molar-refractivity contribution is 4.66. The molecule has 4 unspecified atom stereocenters. The molecule has 0 aliphatic heterocycles. The molecule has 0 aromatic rings. The van der Waals surface area contributed by atoms with Crippen molar-refractivity contribution in [3.63, 3.8) is 0 Å². The van der Waals surface area contributed by atoms with Crippen LogP contribution in [-0.4, -0.2) is 0 Å². The van der Waals surface area contributed by atoms with E-state index in [-0.39, 0.29) is 0 Å². The van der Waals surface area contributed by atoms with E-state index in [1.54, 1.807) is 0 Å². The van der Waals surface area contributed by atoms with Crippen molar-refractivity contribution < 1.29 is 0 Å². The largest absolute Gasteiger partial charge is 0.0625 e. The molecule has 0 heterocycles. The molecular formula is C23H46. The van der Waals surface area contributed by atoms with Crippen LogP contribution in [0.1, 0.15) is 118 Å². The Bertz CT molecular complexity index is 227. The second-order valence-corrected chi connectivity index (χ2v) is 9.50. The van der Waals surface area contributed by atoms with Gasteiger partial charge in [0.2, 0.25) is 0 Å². The van der Waals surface area contributed by atoms with E-state index in [2.05, 4.69) is 34.6 Å². The van der Waals surface area contributed by atoms with Crippen LogP contribution in [0.15, 0.2) is 0 Å². The number of rotatable bonds is 0. The molecule has 23 heavy (non-hydrogen) atoms. The van der Waals surface area contributed by atoms with E-state index in [1.165, 1.54) is 83.5 Å². The lowest BCUT2D eigenvalue weighted by atomic mass is 9.84. The lowest BCUT2D eigenvalue weighted by Gasteiger charge is -2.22. The van der Waals surface area contributed by atoms with Gasteiger partial charge >= 0.3 is 0 Å². The van der Waals surface area contributed by atoms with Crippen molar-refractivity contribution >= 4 is 0 Å². The Labute approximate surface area is 148 Å². The van der Waals surface area contributed by atoms with Gasteiger partial charge in [-0.25, -0.2) is 0 Å². The lowest BCUT2D eigenvalue weighted by Crippen LogP contribution is -2.09. The zero-order valence-electron chi connectivity index (χ0n) is 17.1. The van der Waals surface area contributed by atoms with E-state index in [1.807, 2.05) is 0 Å². The molecule has 3 aliphatic carbocycles. The van der Waals surface area contributed by atoms with Crippen molar-refractivity contribution in [1.82, 2.24) is 0 Å². The quantitative estimate of drug-likeness (QED) is 0.421. The SMILES string of the molecule is CC1CCCC(C)C1.CC1CCCC(C)C1.CC1CCCCC1. The molecular weight excluding hydrogens is 276 g/mol. The van der Waals surface area contributed by atoms with Crippen molar-refractivity contribution in [2.24, 2.45) is 29.6 Å². The van der Waals surface area contributed by atoms with Crippen LogP contribution in [0.5, 0.6) is 0 Å². The zero-order chi connectivity index (χ0) is 17.1. The monoisotopic (exact) mass is 322 g/mol. The van der Waals surface area contributed by atoms with Gasteiger partial charge in [-0.05, 0) is 42.4 Å². The molecule has 3 rings (SSSR count). The van der Waals surface area contributed by atoms with Crippen molar-refractivity contribution in [1.29, 1.82) is 0 Å². The van der Waals surface area contributed by atoms with Crippen LogP contribution in [0, 0.1) is 29.6 Å². The highest BCUT2D eigenvalue weighted by Gasteiger charge is 2.14. The Kier molecular flexibility index (Phi) is 11.3. The summed E-state index contributed by atoms with van der Waals surface area (Å²) in [7, 11) is 0. The summed E-state index contributed by atoms with van der Waals surface area (Å²) in [5.74, 6) is 5.09. The maximum atomic E-state index is 2.37. The minimum absolute atomic E-state index is 1.01. The summed E-state index contributed by atoms with van der Waals surface area (Å²) in [6.07, 6.45) is 19.2. The predicted octanol–water partition coefficient (Wildman–Crippen LogP) is 8.25. The van der Waals surface area contributed by atoms with Crippen LogP contribution in [0.3, 0.4) is 0 Å². The van der Waals surface area contributed by atoms with Gasteiger partial charge in [-0.15, -0.1) is 0 Å². The van der Waals surface area contributed by atoms with Crippen LogP contribution >= 0.6 is 0 Å². The van der Waals surface area contributed by atoms with E-state index >= 15 is 0 Å². The van der Waals surface area contributed by atoms with E-state index in [0.29, 0.717) is 0 Å². The molecule has 138 valence electrons. The molecule has 0 heteroatoms. The Morgan fingerprint density at radius 1 is 0.348 bits per heavy atom. The average Bonchev–Trinajstić information content (AvgIpc) is 2.49. The van der Waals surface area contributed by atoms with Crippen LogP contribution in [-0.2, 0) is 0 Å². The normalized spacial score (nSPS) is 35.3. The molecule has 0 N–H and O–H groups in total. The Hall–Kier alpha value is 0. The van der Waals surface area contributed by atoms with Crippen LogP contribution in [0.25, 0.3) is 0 Å². The number of hydrogen-bond donors (Lipinski definition) is 0. The second-order valence-electron chi connectivity index (χ2n) is 9.50. The summed E-state index contributed by atoms with van der Waals surface area (Å²) in [5, 5.41) is 0. The third-order valence-corrected chi connectivity index (χ3v) is 6.29. The first-order valence-electron chi connectivity index (χ1n) is 11.0. The maximum Gasteiger partial charge on any atom is -0.0440 e. The zero-order valence-corrected chi connectivity index (χ0v) is 17.1. The Balaban J connectivity index is 0.000000173. The molecule has 0 bridgehead atoms. The summed E-state index contributed by atoms with van der Waals surface area (Å²) in [5.41, 5.74) is 0. The van der Waals surface area contributed by atoms with Crippen LogP contribution in [0.2, 0.25) is 0 Å². The van der Waals surface area contributed by atoms with Crippen molar-refractivity contribution in [2.75, 3.05) is 0 Å². The molecule has 3 saturated carbocycles. The summed E-state index contributed by atoms with van der Waals surface area (Å²) in [6, 6.07) is 0. The fourth-order valence-electron chi connectivity index (χ4n) is 4.78. The van der Waals surface area contributed by atoms with E-state index in [4.69, 9.17) is 0 Å². The molecule has 0 aromatic carbocycles. The highest BCUT2D eigenvalue weighted by atomic mass is 14.2. The van der Waals surface area contributed by atoms with Gasteiger partial charge in [-0.2, -0.15) is 0 Å². The molecule has 3 aliphatic rings. The number of hydrogen-bond acceptors (Lipinski definition) is 0. The molecule has 0 nitrogen and oxygen atoms in total. The smallest absolute Gasteiger partial charge is 0.0440 e. The molecule has 0 aromatic heterocycles. The summed E-state index contributed by atoms with van der Waals surface area (Å²) in [6.45, 7) is 11.8. The Morgan fingerprint density at radius 2 is 0.652 bits per heavy atom. The van der Waals surface area contributed by atoms with Crippen molar-refractivity contribution in [3.8, 4) is 0 Å². The van der Waals surface area contributed by atoms with Crippen LogP contribution < -0.4 is 0 Å². The van der Waals surface area contributed by atoms with E-state index in [9.17, 15) is 0 Å². The summed E-state index contributed by atoms with van der Waals surface area (Å²) in [4.78, 5) is 0. The van der Waals surface area contributed by atoms with E-state index < -0.39 is 0 Å². The van der Waals surface area contributed by atoms with Gasteiger partial charge in [0, 0.05) is 0 Å². The van der Waals surface area contributed by atoms with Gasteiger partial charge in [-0.1, -0.05) is 105 Å². The van der Waals surface area contributed by atoms with Gasteiger partial charge in [0.1, 0.15) is 0 Å². The molecule has 0 spiro atoms. The van der Waals surface area contributed by atoms with Crippen LogP contribution in [0.4, 0.5) is 0 Å². The highest BCUT2D eigenvalue weighted by Crippen LogP contribution is 2.28. The second kappa shape index (κ2) is 12.4. The molecule has 3 fully saturated rings. The predicted molar refractivity (Wildman–Crippen MR) is 106 cm³/mol. The summed E-state index contributed by atoms with van der Waals surface area (Å²) < 4.78 is 0. The lowest BCUT2D eigenvalue weighted by molar-refractivity contribution is 0.301. The average molecular weight is 323 g/mol. The third-order valence-electron chi connectivity index (χ3n) is 6.29. The fourth-order valence-corrected chi connectivity index (χ4v) is 4.78. The van der Waals surface area contributed by atoms with E-state index in [0.717, 1.165) is 29.6 Å². The van der Waals surface area contributed by atoms with Gasteiger partial charge in [0.25, 0.3) is 0 Å². The minimum atomic E-state index is 1.01. The maximum absolute atomic E-state index is 2.37. The first kappa shape index (κ1) is 21.0. The first-order valence-corrected chi connectivity index (χ1v) is 11.0. The topological polar surface area (TPSA) is 0 Å². The van der Waals surface area contributed by atoms with Crippen molar-refractivity contribution in [2.45, 2.75) is 118 Å².